The van der Waals surface area contributed by atoms with Gasteiger partial charge in [0, 0.05) is 20.1 Å². The van der Waals surface area contributed by atoms with Crippen molar-refractivity contribution in [1.29, 1.82) is 0 Å². The van der Waals surface area contributed by atoms with Crippen LogP contribution in [0.4, 0.5) is 14.7 Å². The van der Waals surface area contributed by atoms with Gasteiger partial charge >= 0.3 is 6.61 Å². The Hall–Kier alpha value is -2.42. The van der Waals surface area contributed by atoms with Crippen LogP contribution in [0.25, 0.3) is 0 Å². The molecule has 1 N–H and O–H groups in total. The summed E-state index contributed by atoms with van der Waals surface area (Å²) in [5.41, 5.74) is -0.289. The van der Waals surface area contributed by atoms with Gasteiger partial charge in [-0.2, -0.15) is 13.1 Å². The van der Waals surface area contributed by atoms with Gasteiger partial charge in [-0.1, -0.05) is 16.7 Å². The van der Waals surface area contributed by atoms with E-state index in [1.54, 1.807) is 0 Å². The first-order valence-electron chi connectivity index (χ1n) is 8.10. The molecule has 1 aromatic carbocycles. The molecule has 0 radical (unpaired) electrons. The van der Waals surface area contributed by atoms with E-state index in [0.717, 1.165) is 21.1 Å². The van der Waals surface area contributed by atoms with E-state index in [2.05, 4.69) is 25.6 Å². The van der Waals surface area contributed by atoms with E-state index in [1.807, 2.05) is 0 Å². The number of nitrogens with zero attached hydrogens (tertiary/aromatic N) is 5. The highest BCUT2D eigenvalue weighted by molar-refractivity contribution is 7.89. The molecule has 1 fully saturated rings. The lowest BCUT2D eigenvalue weighted by atomic mass is 10.2. The number of morpholine rings is 1. The van der Waals surface area contributed by atoms with Crippen LogP contribution in [0.2, 0.25) is 5.02 Å². The van der Waals surface area contributed by atoms with Crippen molar-refractivity contribution in [3.05, 3.63) is 22.7 Å². The average molecular weight is 453 g/mol. The first-order valence-corrected chi connectivity index (χ1v) is 9.92. The molecule has 29 heavy (non-hydrogen) atoms. The molecule has 0 saturated carbocycles. The van der Waals surface area contributed by atoms with Crippen LogP contribution in [0.5, 0.6) is 5.75 Å². The number of rotatable bonds is 6. The van der Waals surface area contributed by atoms with Crippen LogP contribution in [0, 0.1) is 0 Å². The minimum Gasteiger partial charge on any atom is -0.433 e. The molecule has 1 saturated heterocycles. The fourth-order valence-electron chi connectivity index (χ4n) is 2.56. The molecule has 3 rings (SSSR count). The van der Waals surface area contributed by atoms with Crippen molar-refractivity contribution in [3.63, 3.8) is 0 Å². The molecule has 0 unspecified atom stereocenters. The highest BCUT2D eigenvalue weighted by Gasteiger charge is 2.34. The Morgan fingerprint density at radius 1 is 1.34 bits per heavy atom. The van der Waals surface area contributed by atoms with Crippen molar-refractivity contribution in [2.75, 3.05) is 31.6 Å². The van der Waals surface area contributed by atoms with E-state index in [9.17, 15) is 22.0 Å². The van der Waals surface area contributed by atoms with Gasteiger partial charge in [0.2, 0.25) is 16.0 Å². The molecular formula is C14H15ClF2N6O5S. The van der Waals surface area contributed by atoms with E-state index in [4.69, 9.17) is 16.3 Å². The summed E-state index contributed by atoms with van der Waals surface area (Å²) in [4.78, 5) is 11.8. The van der Waals surface area contributed by atoms with E-state index >= 15 is 0 Å². The van der Waals surface area contributed by atoms with E-state index < -0.39 is 38.2 Å². The number of sulfonamides is 1. The lowest BCUT2D eigenvalue weighted by Crippen LogP contribution is -2.41. The van der Waals surface area contributed by atoms with Crippen molar-refractivity contribution in [3.8, 4) is 5.75 Å². The van der Waals surface area contributed by atoms with Crippen LogP contribution in [0.3, 0.4) is 0 Å². The smallest absolute Gasteiger partial charge is 0.387 e. The van der Waals surface area contributed by atoms with Crippen molar-refractivity contribution in [2.24, 2.45) is 7.05 Å². The van der Waals surface area contributed by atoms with Crippen LogP contribution >= 0.6 is 11.6 Å². The number of hydrogen-bond acceptors (Lipinski definition) is 8. The first-order chi connectivity index (χ1) is 13.7. The van der Waals surface area contributed by atoms with Gasteiger partial charge in [0.1, 0.15) is 10.6 Å². The zero-order chi connectivity index (χ0) is 21.2. The number of benzene rings is 1. The molecule has 1 aliphatic heterocycles. The van der Waals surface area contributed by atoms with Gasteiger partial charge in [-0.15, -0.1) is 0 Å². The molecule has 11 nitrogen and oxygen atoms in total. The molecule has 1 amide bonds. The number of aryl methyl sites for hydroxylation is 1. The van der Waals surface area contributed by atoms with Crippen molar-refractivity contribution in [2.45, 2.75) is 11.5 Å². The fraction of sp³-hybridized carbons (Fsp3) is 0.429. The molecule has 15 heteroatoms. The second-order valence-corrected chi connectivity index (χ2v) is 7.98. The maximum Gasteiger partial charge on any atom is 0.387 e. The van der Waals surface area contributed by atoms with Crippen LogP contribution in [-0.4, -0.2) is 71.8 Å². The highest BCUT2D eigenvalue weighted by atomic mass is 35.5. The van der Waals surface area contributed by atoms with Crippen molar-refractivity contribution in [1.82, 2.24) is 24.5 Å². The summed E-state index contributed by atoms with van der Waals surface area (Å²) in [6.45, 7) is -3.06. The number of halogens is 3. The number of alkyl halides is 2. The third-order valence-electron chi connectivity index (χ3n) is 3.94. The molecular weight excluding hydrogens is 438 g/mol. The van der Waals surface area contributed by atoms with Gasteiger partial charge in [0.15, 0.2) is 0 Å². The molecule has 1 aromatic heterocycles. The maximum absolute atomic E-state index is 13.0. The van der Waals surface area contributed by atoms with Crippen LogP contribution in [0.15, 0.2) is 17.0 Å². The van der Waals surface area contributed by atoms with Gasteiger partial charge in [0.05, 0.1) is 23.8 Å². The van der Waals surface area contributed by atoms with Gasteiger partial charge < -0.3 is 9.47 Å². The summed E-state index contributed by atoms with van der Waals surface area (Å²) in [5.74, 6) is -1.54. The molecule has 1 aliphatic rings. The Balaban J connectivity index is 2.05. The van der Waals surface area contributed by atoms with E-state index in [-0.39, 0.29) is 37.8 Å². The monoisotopic (exact) mass is 452 g/mol. The Bertz CT molecular complexity index is 1010. The van der Waals surface area contributed by atoms with Crippen LogP contribution < -0.4 is 10.1 Å². The molecule has 0 atom stereocenters. The van der Waals surface area contributed by atoms with Gasteiger partial charge in [-0.3, -0.25) is 10.1 Å². The van der Waals surface area contributed by atoms with E-state index in [1.165, 1.54) is 7.05 Å². The zero-order valence-electron chi connectivity index (χ0n) is 14.9. The quantitative estimate of drug-likeness (QED) is 0.679. The summed E-state index contributed by atoms with van der Waals surface area (Å²) < 4.78 is 63.4. The van der Waals surface area contributed by atoms with Gasteiger partial charge in [0.25, 0.3) is 5.91 Å². The summed E-state index contributed by atoms with van der Waals surface area (Å²) in [6.07, 6.45) is 0. The molecule has 0 spiro atoms. The second-order valence-electron chi connectivity index (χ2n) is 5.73. The molecule has 2 aromatic rings. The highest BCUT2D eigenvalue weighted by Crippen LogP contribution is 2.37. The van der Waals surface area contributed by atoms with Crippen molar-refractivity contribution >= 4 is 33.5 Å². The number of hydrogen-bond donors (Lipinski definition) is 1. The number of amides is 1. The topological polar surface area (TPSA) is 129 Å². The average Bonchev–Trinajstić information content (AvgIpc) is 3.06. The molecule has 0 aliphatic carbocycles. The number of tetrazole rings is 1. The predicted octanol–water partition coefficient (Wildman–Crippen LogP) is 0.738. The van der Waals surface area contributed by atoms with Gasteiger partial charge in [-0.25, -0.2) is 13.1 Å². The number of aromatic nitrogens is 4. The lowest BCUT2D eigenvalue weighted by molar-refractivity contribution is -0.0518. The standard InChI is InChI=1S/C14H15ClF2N6O5S/c1-22-14(19-20-21-22)18-12(24)8-2-3-9(28-13(16)17)11(10(8)15)29(25,26)23-4-6-27-7-5-23/h2-3,13H,4-7H2,1H3,(H,18,19,21,24). The summed E-state index contributed by atoms with van der Waals surface area (Å²) in [6, 6.07) is 2.01. The third kappa shape index (κ3) is 4.44. The number of carbonyl (C=O) groups is 1. The number of anilines is 1. The number of nitrogens with one attached hydrogen (secondary N) is 1. The minimum atomic E-state index is -4.36. The molecule has 2 heterocycles. The van der Waals surface area contributed by atoms with Crippen molar-refractivity contribution < 1.29 is 31.5 Å². The second kappa shape index (κ2) is 8.52. The maximum atomic E-state index is 13.0. The fourth-order valence-corrected chi connectivity index (χ4v) is 4.69. The minimum absolute atomic E-state index is 0.00614. The lowest BCUT2D eigenvalue weighted by Gasteiger charge is -2.27. The molecule has 158 valence electrons. The number of ether oxygens (including phenoxy) is 2. The largest absolute Gasteiger partial charge is 0.433 e. The first kappa shape index (κ1) is 21.3. The predicted molar refractivity (Wildman–Crippen MR) is 94.4 cm³/mol. The zero-order valence-corrected chi connectivity index (χ0v) is 16.5. The summed E-state index contributed by atoms with van der Waals surface area (Å²) in [5, 5.41) is 12.3. The normalized spacial score (nSPS) is 15.5. The van der Waals surface area contributed by atoms with E-state index in [0.29, 0.717) is 0 Å². The Labute approximate surface area is 168 Å². The van der Waals surface area contributed by atoms with Crippen LogP contribution in [0.1, 0.15) is 10.4 Å². The Morgan fingerprint density at radius 2 is 2.03 bits per heavy atom. The molecule has 0 bridgehead atoms. The SMILES string of the molecule is Cn1nnnc1NC(=O)c1ccc(OC(F)F)c(S(=O)(=O)N2CCOCC2)c1Cl. The number of carbonyl (C=O) groups excluding carboxylic acids is 1. The summed E-state index contributed by atoms with van der Waals surface area (Å²) in [7, 11) is -2.89. The third-order valence-corrected chi connectivity index (χ3v) is 6.41. The van der Waals surface area contributed by atoms with Gasteiger partial charge in [-0.05, 0) is 22.6 Å². The van der Waals surface area contributed by atoms with Crippen LogP contribution in [-0.2, 0) is 21.8 Å². The Morgan fingerprint density at radius 3 is 2.62 bits per heavy atom. The summed E-state index contributed by atoms with van der Waals surface area (Å²) >= 11 is 6.19. The Kier molecular flexibility index (Phi) is 6.26.